The summed E-state index contributed by atoms with van der Waals surface area (Å²) in [6, 6.07) is 6.59. The first-order chi connectivity index (χ1) is 13.4. The Morgan fingerprint density at radius 3 is 2.18 bits per heavy atom. The highest BCUT2D eigenvalue weighted by molar-refractivity contribution is 6.15. The number of carbonyl (C=O) groups is 2. The first-order valence-corrected chi connectivity index (χ1v) is 8.45. The fraction of sp³-hybridized carbons (Fsp3) is 0.238. The number of ether oxygens (including phenoxy) is 5. The third-order valence-electron chi connectivity index (χ3n) is 4.28. The van der Waals surface area contributed by atoms with E-state index in [-0.39, 0.29) is 11.5 Å². The number of benzene rings is 2. The number of esters is 1. The van der Waals surface area contributed by atoms with Crippen molar-refractivity contribution >= 4 is 17.8 Å². The average molecular weight is 384 g/mol. The lowest BCUT2D eigenvalue weighted by Gasteiger charge is -2.13. The third-order valence-corrected chi connectivity index (χ3v) is 4.28. The predicted molar refractivity (Wildman–Crippen MR) is 102 cm³/mol. The minimum absolute atomic E-state index is 0.146. The van der Waals surface area contributed by atoms with Crippen LogP contribution in [0.5, 0.6) is 28.7 Å². The van der Waals surface area contributed by atoms with Crippen LogP contribution in [0.25, 0.3) is 6.08 Å². The molecule has 0 fully saturated rings. The lowest BCUT2D eigenvalue weighted by molar-refractivity contribution is -0.131. The van der Waals surface area contributed by atoms with Gasteiger partial charge >= 0.3 is 5.97 Å². The normalized spacial score (nSPS) is 13.8. The van der Waals surface area contributed by atoms with Crippen LogP contribution in [-0.4, -0.2) is 33.1 Å². The molecule has 7 nitrogen and oxygen atoms in total. The Kier molecular flexibility index (Phi) is 5.26. The number of hydrogen-bond acceptors (Lipinski definition) is 7. The second kappa shape index (κ2) is 7.64. The Morgan fingerprint density at radius 2 is 1.64 bits per heavy atom. The van der Waals surface area contributed by atoms with Crippen molar-refractivity contribution in [2.24, 2.45) is 0 Å². The van der Waals surface area contributed by atoms with Crippen LogP contribution in [0.4, 0.5) is 0 Å². The first kappa shape index (κ1) is 19.3. The van der Waals surface area contributed by atoms with Crippen LogP contribution >= 0.6 is 0 Å². The highest BCUT2D eigenvalue weighted by atomic mass is 16.5. The molecule has 0 unspecified atom stereocenters. The zero-order chi connectivity index (χ0) is 20.4. The lowest BCUT2D eigenvalue weighted by atomic mass is 10.1. The van der Waals surface area contributed by atoms with Gasteiger partial charge in [-0.1, -0.05) is 0 Å². The minimum Gasteiger partial charge on any atom is -0.493 e. The number of allylic oxidation sites excluding steroid dienone is 1. The van der Waals surface area contributed by atoms with Crippen LogP contribution in [0.2, 0.25) is 0 Å². The molecule has 1 heterocycles. The van der Waals surface area contributed by atoms with Gasteiger partial charge in [0.2, 0.25) is 11.5 Å². The molecule has 7 heteroatoms. The van der Waals surface area contributed by atoms with E-state index in [9.17, 15) is 9.59 Å². The molecule has 0 amide bonds. The van der Waals surface area contributed by atoms with Gasteiger partial charge in [0.25, 0.3) is 0 Å². The van der Waals surface area contributed by atoms with Crippen LogP contribution < -0.4 is 23.7 Å². The molecule has 28 heavy (non-hydrogen) atoms. The number of fused-ring (bicyclic) bond motifs is 1. The Balaban J connectivity index is 2.01. The van der Waals surface area contributed by atoms with E-state index in [1.807, 2.05) is 0 Å². The molecule has 0 spiro atoms. The number of methoxy groups -OCH3 is 3. The van der Waals surface area contributed by atoms with E-state index in [1.165, 1.54) is 28.3 Å². The van der Waals surface area contributed by atoms with Gasteiger partial charge in [0.15, 0.2) is 17.3 Å². The molecular formula is C21H20O7. The third kappa shape index (κ3) is 3.38. The van der Waals surface area contributed by atoms with Crippen molar-refractivity contribution in [3.8, 4) is 28.7 Å². The largest absolute Gasteiger partial charge is 0.493 e. The maximum absolute atomic E-state index is 12.7. The monoisotopic (exact) mass is 384 g/mol. The second-order valence-electron chi connectivity index (χ2n) is 6.06. The number of hydrogen-bond donors (Lipinski definition) is 0. The van der Waals surface area contributed by atoms with Crippen molar-refractivity contribution in [3.05, 3.63) is 46.7 Å². The smallest absolute Gasteiger partial charge is 0.308 e. The second-order valence-corrected chi connectivity index (χ2v) is 6.06. The summed E-state index contributed by atoms with van der Waals surface area (Å²) in [5.74, 6) is 1.55. The summed E-state index contributed by atoms with van der Waals surface area (Å²) in [5, 5.41) is 0. The van der Waals surface area contributed by atoms with Crippen LogP contribution in [0.3, 0.4) is 0 Å². The first-order valence-electron chi connectivity index (χ1n) is 8.45. The molecule has 0 N–H and O–H groups in total. The Bertz CT molecular complexity index is 963. The Hall–Kier alpha value is -3.48. The molecule has 146 valence electrons. The van der Waals surface area contributed by atoms with E-state index in [0.717, 1.165) is 0 Å². The summed E-state index contributed by atoms with van der Waals surface area (Å²) in [6.07, 6.45) is 1.59. The zero-order valence-corrected chi connectivity index (χ0v) is 16.2. The predicted octanol–water partition coefficient (Wildman–Crippen LogP) is 3.56. The van der Waals surface area contributed by atoms with Crippen LogP contribution in [0, 0.1) is 6.92 Å². The fourth-order valence-corrected chi connectivity index (χ4v) is 2.97. The maximum Gasteiger partial charge on any atom is 0.308 e. The summed E-state index contributed by atoms with van der Waals surface area (Å²) in [6.45, 7) is 3.04. The molecular weight excluding hydrogens is 364 g/mol. The molecule has 1 aliphatic rings. The number of carbonyl (C=O) groups excluding carboxylic acids is 2. The molecule has 0 aliphatic carbocycles. The Labute approximate surface area is 162 Å². The van der Waals surface area contributed by atoms with Crippen molar-refractivity contribution in [2.75, 3.05) is 21.3 Å². The highest BCUT2D eigenvalue weighted by Crippen LogP contribution is 2.41. The van der Waals surface area contributed by atoms with E-state index in [4.69, 9.17) is 23.7 Å². The zero-order valence-electron chi connectivity index (χ0n) is 16.2. The molecule has 0 bridgehead atoms. The quantitative estimate of drug-likeness (QED) is 0.443. The van der Waals surface area contributed by atoms with Crippen molar-refractivity contribution < 1.29 is 33.3 Å². The molecule has 0 saturated carbocycles. The van der Waals surface area contributed by atoms with Crippen LogP contribution in [0.15, 0.2) is 30.0 Å². The van der Waals surface area contributed by atoms with E-state index in [0.29, 0.717) is 45.4 Å². The Morgan fingerprint density at radius 1 is 1.00 bits per heavy atom. The van der Waals surface area contributed by atoms with Gasteiger partial charge < -0.3 is 23.7 Å². The van der Waals surface area contributed by atoms with Gasteiger partial charge in [0, 0.05) is 12.5 Å². The van der Waals surface area contributed by atoms with Crippen molar-refractivity contribution in [1.29, 1.82) is 0 Å². The van der Waals surface area contributed by atoms with E-state index in [2.05, 4.69) is 0 Å². The number of ketones is 1. The molecule has 0 atom stereocenters. The molecule has 3 rings (SSSR count). The summed E-state index contributed by atoms with van der Waals surface area (Å²) in [7, 11) is 4.55. The molecule has 0 aromatic heterocycles. The number of Topliss-reactive ketones (excluding diaryl/α,β-unsaturated/α-hetero) is 1. The topological polar surface area (TPSA) is 80.3 Å². The lowest BCUT2D eigenvalue weighted by Crippen LogP contribution is -2.03. The van der Waals surface area contributed by atoms with Gasteiger partial charge in [-0.3, -0.25) is 9.59 Å². The van der Waals surface area contributed by atoms with Crippen LogP contribution in [-0.2, 0) is 4.79 Å². The van der Waals surface area contributed by atoms with Gasteiger partial charge in [-0.2, -0.15) is 0 Å². The summed E-state index contributed by atoms with van der Waals surface area (Å²) < 4.78 is 26.9. The SMILES string of the molecule is COc1cc(/C=C2\Oc3c(ccc(OC(C)=O)c3C)C2=O)cc(OC)c1OC. The summed E-state index contributed by atoms with van der Waals surface area (Å²) >= 11 is 0. The molecule has 1 aliphatic heterocycles. The maximum atomic E-state index is 12.7. The average Bonchev–Trinajstić information content (AvgIpc) is 2.99. The van der Waals surface area contributed by atoms with Gasteiger partial charge in [0.1, 0.15) is 11.5 Å². The van der Waals surface area contributed by atoms with E-state index >= 15 is 0 Å². The minimum atomic E-state index is -0.444. The van der Waals surface area contributed by atoms with Crippen molar-refractivity contribution in [3.63, 3.8) is 0 Å². The molecule has 2 aromatic rings. The van der Waals surface area contributed by atoms with E-state index in [1.54, 1.807) is 37.3 Å². The highest BCUT2D eigenvalue weighted by Gasteiger charge is 2.30. The van der Waals surface area contributed by atoms with Crippen LogP contribution in [0.1, 0.15) is 28.4 Å². The summed E-state index contributed by atoms with van der Waals surface area (Å²) in [4.78, 5) is 24.0. The fourth-order valence-electron chi connectivity index (χ4n) is 2.97. The van der Waals surface area contributed by atoms with Gasteiger partial charge in [-0.25, -0.2) is 0 Å². The van der Waals surface area contributed by atoms with Gasteiger partial charge in [0.05, 0.1) is 26.9 Å². The summed E-state index contributed by atoms with van der Waals surface area (Å²) in [5.41, 5.74) is 1.63. The van der Waals surface area contributed by atoms with Gasteiger partial charge in [-0.15, -0.1) is 0 Å². The molecule has 0 saturated heterocycles. The van der Waals surface area contributed by atoms with Crippen molar-refractivity contribution in [1.82, 2.24) is 0 Å². The standard InChI is InChI=1S/C21H20O7/c1-11-15(27-12(2)22)7-6-14-19(23)16(28-20(11)14)8-13-9-17(24-3)21(26-5)18(10-13)25-4/h6-10H,1-5H3/b16-8-. The van der Waals surface area contributed by atoms with E-state index < -0.39 is 5.97 Å². The molecule has 0 radical (unpaired) electrons. The van der Waals surface area contributed by atoms with Gasteiger partial charge in [-0.05, 0) is 42.8 Å². The molecule has 2 aromatic carbocycles. The number of rotatable bonds is 5. The van der Waals surface area contributed by atoms with Crippen molar-refractivity contribution in [2.45, 2.75) is 13.8 Å².